The standard InChI is InChI=1S/C12H15BrN4O/c1-7(2)6-8-10(13)12(18)16-11(15-8)9-4-5-14-17(9)3/h4-5,7H,6H2,1-3H3,(H,15,16,18). The van der Waals surface area contributed by atoms with Crippen LogP contribution in [-0.4, -0.2) is 19.7 Å². The van der Waals surface area contributed by atoms with Crippen molar-refractivity contribution < 1.29 is 0 Å². The van der Waals surface area contributed by atoms with Crippen molar-refractivity contribution in [2.45, 2.75) is 20.3 Å². The highest BCUT2D eigenvalue weighted by atomic mass is 79.9. The van der Waals surface area contributed by atoms with Gasteiger partial charge >= 0.3 is 0 Å². The lowest BCUT2D eigenvalue weighted by Crippen LogP contribution is -2.15. The summed E-state index contributed by atoms with van der Waals surface area (Å²) in [5.41, 5.74) is 1.42. The Balaban J connectivity index is 2.54. The van der Waals surface area contributed by atoms with E-state index in [1.54, 1.807) is 10.9 Å². The number of hydrogen-bond donors (Lipinski definition) is 1. The second-order valence-corrected chi connectivity index (χ2v) is 5.41. The van der Waals surface area contributed by atoms with Crippen LogP contribution in [0.1, 0.15) is 19.5 Å². The predicted octanol–water partition coefficient (Wildman–Crippen LogP) is 2.13. The Bertz CT molecular complexity index is 615. The molecule has 0 amide bonds. The zero-order valence-electron chi connectivity index (χ0n) is 10.6. The van der Waals surface area contributed by atoms with Crippen LogP contribution in [0.3, 0.4) is 0 Å². The molecule has 1 N–H and O–H groups in total. The van der Waals surface area contributed by atoms with E-state index < -0.39 is 0 Å². The number of nitrogens with one attached hydrogen (secondary N) is 1. The minimum atomic E-state index is -0.156. The third kappa shape index (κ3) is 2.53. The molecule has 0 radical (unpaired) electrons. The van der Waals surface area contributed by atoms with E-state index in [1.165, 1.54) is 0 Å². The van der Waals surface area contributed by atoms with Crippen molar-refractivity contribution in [2.75, 3.05) is 0 Å². The van der Waals surface area contributed by atoms with Gasteiger partial charge in [0.15, 0.2) is 5.82 Å². The molecule has 0 aliphatic heterocycles. The molecule has 5 nitrogen and oxygen atoms in total. The summed E-state index contributed by atoms with van der Waals surface area (Å²) in [5, 5.41) is 4.08. The van der Waals surface area contributed by atoms with E-state index in [4.69, 9.17) is 0 Å². The van der Waals surface area contributed by atoms with E-state index in [0.29, 0.717) is 16.2 Å². The van der Waals surface area contributed by atoms with E-state index in [-0.39, 0.29) is 5.56 Å². The summed E-state index contributed by atoms with van der Waals surface area (Å²) >= 11 is 3.30. The van der Waals surface area contributed by atoms with E-state index in [1.807, 2.05) is 13.1 Å². The molecular formula is C12H15BrN4O. The fourth-order valence-corrected chi connectivity index (χ4v) is 2.10. The van der Waals surface area contributed by atoms with Crippen molar-refractivity contribution in [3.8, 4) is 11.5 Å². The maximum absolute atomic E-state index is 11.9. The van der Waals surface area contributed by atoms with Gasteiger partial charge in [0, 0.05) is 13.2 Å². The number of aryl methyl sites for hydroxylation is 1. The summed E-state index contributed by atoms with van der Waals surface area (Å²) in [4.78, 5) is 19.1. The van der Waals surface area contributed by atoms with Gasteiger partial charge in [-0.15, -0.1) is 0 Å². The Morgan fingerprint density at radius 3 is 2.78 bits per heavy atom. The third-order valence-corrected chi connectivity index (χ3v) is 3.41. The summed E-state index contributed by atoms with van der Waals surface area (Å²) in [7, 11) is 1.82. The molecule has 0 aliphatic carbocycles. The Morgan fingerprint density at radius 2 is 2.22 bits per heavy atom. The summed E-state index contributed by atoms with van der Waals surface area (Å²) in [6.45, 7) is 4.19. The molecule has 2 aromatic heterocycles. The maximum Gasteiger partial charge on any atom is 0.265 e. The van der Waals surface area contributed by atoms with E-state index in [2.05, 4.69) is 44.8 Å². The average molecular weight is 311 g/mol. The van der Waals surface area contributed by atoms with Crippen LogP contribution >= 0.6 is 15.9 Å². The summed E-state index contributed by atoms with van der Waals surface area (Å²) in [5.74, 6) is 0.994. The van der Waals surface area contributed by atoms with Crippen molar-refractivity contribution in [3.63, 3.8) is 0 Å². The highest BCUT2D eigenvalue weighted by molar-refractivity contribution is 9.10. The fraction of sp³-hybridized carbons (Fsp3) is 0.417. The van der Waals surface area contributed by atoms with Crippen molar-refractivity contribution in [1.82, 2.24) is 19.7 Å². The quantitative estimate of drug-likeness (QED) is 0.944. The van der Waals surface area contributed by atoms with Crippen LogP contribution in [0.4, 0.5) is 0 Å². The van der Waals surface area contributed by atoms with E-state index in [9.17, 15) is 4.79 Å². The molecule has 6 heteroatoms. The van der Waals surface area contributed by atoms with Crippen LogP contribution < -0.4 is 5.56 Å². The van der Waals surface area contributed by atoms with E-state index in [0.717, 1.165) is 17.8 Å². The molecule has 0 saturated carbocycles. The Morgan fingerprint density at radius 1 is 1.50 bits per heavy atom. The molecule has 0 aromatic carbocycles. The second-order valence-electron chi connectivity index (χ2n) is 4.61. The van der Waals surface area contributed by atoms with Gasteiger partial charge in [0.25, 0.3) is 5.56 Å². The van der Waals surface area contributed by atoms with Crippen molar-refractivity contribution >= 4 is 15.9 Å². The lowest BCUT2D eigenvalue weighted by Gasteiger charge is -2.08. The molecule has 0 spiro atoms. The normalized spacial score (nSPS) is 11.2. The molecule has 2 aromatic rings. The lowest BCUT2D eigenvalue weighted by molar-refractivity contribution is 0.630. The number of hydrogen-bond acceptors (Lipinski definition) is 3. The zero-order chi connectivity index (χ0) is 13.3. The molecule has 2 heterocycles. The molecular weight excluding hydrogens is 296 g/mol. The molecule has 18 heavy (non-hydrogen) atoms. The van der Waals surface area contributed by atoms with Crippen LogP contribution in [0.5, 0.6) is 0 Å². The first-order chi connectivity index (χ1) is 8.49. The largest absolute Gasteiger partial charge is 0.304 e. The molecule has 96 valence electrons. The number of nitrogens with zero attached hydrogens (tertiary/aromatic N) is 3. The lowest BCUT2D eigenvalue weighted by atomic mass is 10.1. The molecule has 0 fully saturated rings. The monoisotopic (exact) mass is 310 g/mol. The SMILES string of the molecule is CC(C)Cc1nc(-c2ccnn2C)[nH]c(=O)c1Br. The molecule has 0 saturated heterocycles. The fourth-order valence-electron chi connectivity index (χ4n) is 1.75. The summed E-state index contributed by atoms with van der Waals surface area (Å²) < 4.78 is 2.20. The molecule has 0 unspecified atom stereocenters. The van der Waals surface area contributed by atoms with E-state index >= 15 is 0 Å². The minimum absolute atomic E-state index is 0.156. The smallest absolute Gasteiger partial charge is 0.265 e. The zero-order valence-corrected chi connectivity index (χ0v) is 12.2. The predicted molar refractivity (Wildman–Crippen MR) is 73.3 cm³/mol. The van der Waals surface area contributed by atoms with Gasteiger partial charge in [0.05, 0.1) is 5.69 Å². The van der Waals surface area contributed by atoms with Crippen molar-refractivity contribution in [3.05, 3.63) is 32.8 Å². The minimum Gasteiger partial charge on any atom is -0.304 e. The third-order valence-electron chi connectivity index (χ3n) is 2.60. The molecule has 0 aliphatic rings. The van der Waals surface area contributed by atoms with Gasteiger partial charge in [-0.3, -0.25) is 9.48 Å². The van der Waals surface area contributed by atoms with Crippen LogP contribution in [0, 0.1) is 5.92 Å². The first kappa shape index (κ1) is 13.0. The van der Waals surface area contributed by atoms with Gasteiger partial charge in [-0.1, -0.05) is 13.8 Å². The van der Waals surface area contributed by atoms with Gasteiger partial charge in [0.2, 0.25) is 0 Å². The Hall–Kier alpha value is -1.43. The highest BCUT2D eigenvalue weighted by Gasteiger charge is 2.13. The number of H-pyrrole nitrogens is 1. The first-order valence-corrected chi connectivity index (χ1v) is 6.55. The van der Waals surface area contributed by atoms with Gasteiger partial charge in [0.1, 0.15) is 10.2 Å². The van der Waals surface area contributed by atoms with Crippen LogP contribution in [0.2, 0.25) is 0 Å². The Kier molecular flexibility index (Phi) is 3.65. The summed E-state index contributed by atoms with van der Waals surface area (Å²) in [6, 6.07) is 1.82. The molecule has 0 atom stereocenters. The van der Waals surface area contributed by atoms with Crippen LogP contribution in [-0.2, 0) is 13.5 Å². The van der Waals surface area contributed by atoms with Gasteiger partial charge < -0.3 is 4.98 Å². The number of halogens is 1. The highest BCUT2D eigenvalue weighted by Crippen LogP contribution is 2.18. The topological polar surface area (TPSA) is 63.6 Å². The van der Waals surface area contributed by atoms with Crippen LogP contribution in [0.25, 0.3) is 11.5 Å². The number of rotatable bonds is 3. The molecule has 0 bridgehead atoms. The Labute approximate surface area is 113 Å². The number of aromatic amines is 1. The number of aromatic nitrogens is 4. The summed E-state index contributed by atoms with van der Waals surface area (Å²) in [6.07, 6.45) is 2.44. The van der Waals surface area contributed by atoms with Gasteiger partial charge in [-0.2, -0.15) is 5.10 Å². The average Bonchev–Trinajstić information content (AvgIpc) is 2.70. The van der Waals surface area contributed by atoms with Gasteiger partial charge in [-0.25, -0.2) is 4.98 Å². The molecule has 2 rings (SSSR count). The maximum atomic E-state index is 11.9. The first-order valence-electron chi connectivity index (χ1n) is 5.76. The van der Waals surface area contributed by atoms with Crippen molar-refractivity contribution in [1.29, 1.82) is 0 Å². The second kappa shape index (κ2) is 5.06. The van der Waals surface area contributed by atoms with Crippen molar-refractivity contribution in [2.24, 2.45) is 13.0 Å². The van der Waals surface area contributed by atoms with Gasteiger partial charge in [-0.05, 0) is 34.3 Å². The van der Waals surface area contributed by atoms with Crippen LogP contribution in [0.15, 0.2) is 21.5 Å².